The van der Waals surface area contributed by atoms with Gasteiger partial charge in [-0.15, -0.1) is 12.6 Å². The van der Waals surface area contributed by atoms with Crippen LogP contribution in [0.5, 0.6) is 0 Å². The highest BCUT2D eigenvalue weighted by Crippen LogP contribution is 1.98. The molecule has 0 saturated carbocycles. The van der Waals surface area contributed by atoms with Crippen LogP contribution in [0.4, 0.5) is 0 Å². The molecule has 58 valence electrons. The van der Waals surface area contributed by atoms with E-state index in [0.717, 1.165) is 5.56 Å². The van der Waals surface area contributed by atoms with Crippen molar-refractivity contribution in [2.75, 3.05) is 0 Å². The third-order valence-corrected chi connectivity index (χ3v) is 1.38. The smallest absolute Gasteiger partial charge is 0.190 e. The van der Waals surface area contributed by atoms with Gasteiger partial charge in [-0.2, -0.15) is 4.73 Å². The van der Waals surface area contributed by atoms with E-state index >= 15 is 0 Å². The Kier molecular flexibility index (Phi) is 2.48. The van der Waals surface area contributed by atoms with Crippen LogP contribution in [0.1, 0.15) is 5.56 Å². The van der Waals surface area contributed by atoms with Crippen LogP contribution >= 0.6 is 12.6 Å². The van der Waals surface area contributed by atoms with E-state index in [0.29, 0.717) is 4.73 Å². The normalized spacial score (nSPS) is 9.55. The van der Waals surface area contributed by atoms with Crippen LogP contribution in [0.25, 0.3) is 0 Å². The van der Waals surface area contributed by atoms with Crippen molar-refractivity contribution in [3.8, 4) is 0 Å². The lowest BCUT2D eigenvalue weighted by atomic mass is 10.2. The van der Waals surface area contributed by atoms with Gasteiger partial charge in [0.05, 0.1) is 0 Å². The third-order valence-electron chi connectivity index (χ3n) is 1.23. The Morgan fingerprint density at radius 2 is 2.09 bits per heavy atom. The first-order valence-corrected chi connectivity index (χ1v) is 3.53. The van der Waals surface area contributed by atoms with Gasteiger partial charge in [0.15, 0.2) is 17.5 Å². The topological polar surface area (TPSA) is 44.0 Å². The third kappa shape index (κ3) is 2.59. The van der Waals surface area contributed by atoms with Crippen LogP contribution in [0.15, 0.2) is 24.5 Å². The first-order valence-electron chi connectivity index (χ1n) is 3.08. The van der Waals surface area contributed by atoms with Gasteiger partial charge in [0.2, 0.25) is 0 Å². The van der Waals surface area contributed by atoms with E-state index in [1.54, 1.807) is 12.1 Å². The highest BCUT2D eigenvalue weighted by Gasteiger charge is 1.98. The zero-order valence-electron chi connectivity index (χ0n) is 5.73. The first-order chi connectivity index (χ1) is 5.18. The molecule has 3 nitrogen and oxygen atoms in total. The minimum absolute atomic E-state index is 0.200. The summed E-state index contributed by atoms with van der Waals surface area (Å²) in [6, 6.07) is 3.20. The fourth-order valence-corrected chi connectivity index (χ4v) is 0.919. The molecule has 0 aliphatic rings. The average Bonchev–Trinajstić information content (AvgIpc) is 1.93. The lowest BCUT2D eigenvalue weighted by Crippen LogP contribution is -2.23. The van der Waals surface area contributed by atoms with Crippen LogP contribution < -0.4 is 4.73 Å². The SMILES string of the molecule is O=C(S)Cc1cc[n+]([O-])cc1. The molecule has 0 saturated heterocycles. The Bertz CT molecular complexity index is 258. The standard InChI is InChI=1S/C7H7NO2S/c9-7(11)5-6-1-3-8(10)4-2-6/h1-4H,5H2,(H,9,11). The fourth-order valence-electron chi connectivity index (χ4n) is 0.736. The Hall–Kier alpha value is -1.03. The summed E-state index contributed by atoms with van der Waals surface area (Å²) in [7, 11) is 0. The number of rotatable bonds is 2. The van der Waals surface area contributed by atoms with Gasteiger partial charge in [-0.1, -0.05) is 0 Å². The number of hydrogen-bond acceptors (Lipinski definition) is 2. The Labute approximate surface area is 69.7 Å². The number of thiol groups is 1. The maximum Gasteiger partial charge on any atom is 0.190 e. The molecular weight excluding hydrogens is 162 g/mol. The van der Waals surface area contributed by atoms with Gasteiger partial charge in [0.25, 0.3) is 0 Å². The van der Waals surface area contributed by atoms with E-state index < -0.39 is 0 Å². The summed E-state index contributed by atoms with van der Waals surface area (Å²) in [5.41, 5.74) is 0.803. The van der Waals surface area contributed by atoms with Crippen molar-refractivity contribution in [1.82, 2.24) is 0 Å². The summed E-state index contributed by atoms with van der Waals surface area (Å²) in [5, 5.41) is 10.3. The van der Waals surface area contributed by atoms with Gasteiger partial charge in [-0.25, -0.2) is 0 Å². The van der Waals surface area contributed by atoms with Gasteiger partial charge in [0, 0.05) is 18.6 Å². The Morgan fingerprint density at radius 3 is 2.55 bits per heavy atom. The van der Waals surface area contributed by atoms with Crippen molar-refractivity contribution in [1.29, 1.82) is 0 Å². The number of pyridine rings is 1. The molecule has 1 aromatic rings. The van der Waals surface area contributed by atoms with Crippen molar-refractivity contribution >= 4 is 17.7 Å². The van der Waals surface area contributed by atoms with Crippen LogP contribution in [-0.4, -0.2) is 5.12 Å². The number of aromatic nitrogens is 1. The van der Waals surface area contributed by atoms with E-state index in [1.165, 1.54) is 12.4 Å². The highest BCUT2D eigenvalue weighted by molar-refractivity contribution is 7.96. The second kappa shape index (κ2) is 3.39. The van der Waals surface area contributed by atoms with E-state index in [-0.39, 0.29) is 11.5 Å². The fraction of sp³-hybridized carbons (Fsp3) is 0.143. The molecule has 1 rings (SSSR count). The predicted octanol–water partition coefficient (Wildman–Crippen LogP) is 0.319. The average molecular weight is 169 g/mol. The van der Waals surface area contributed by atoms with Gasteiger partial charge in [0.1, 0.15) is 0 Å². The van der Waals surface area contributed by atoms with Gasteiger partial charge in [-0.3, -0.25) is 4.79 Å². The molecule has 0 aliphatic carbocycles. The van der Waals surface area contributed by atoms with E-state index in [2.05, 4.69) is 12.6 Å². The summed E-state index contributed by atoms with van der Waals surface area (Å²) in [6.45, 7) is 0. The summed E-state index contributed by atoms with van der Waals surface area (Å²) in [4.78, 5) is 10.5. The zero-order chi connectivity index (χ0) is 8.27. The lowest BCUT2D eigenvalue weighted by molar-refractivity contribution is -0.605. The molecule has 0 radical (unpaired) electrons. The molecule has 0 unspecified atom stereocenters. The van der Waals surface area contributed by atoms with Crippen molar-refractivity contribution < 1.29 is 9.52 Å². The van der Waals surface area contributed by atoms with Crippen molar-refractivity contribution in [3.63, 3.8) is 0 Å². The molecule has 0 amide bonds. The number of hydrogen-bond donors (Lipinski definition) is 1. The van der Waals surface area contributed by atoms with E-state index in [1.807, 2.05) is 0 Å². The second-order valence-electron chi connectivity index (χ2n) is 2.14. The van der Waals surface area contributed by atoms with Gasteiger partial charge in [-0.05, 0) is 5.56 Å². The maximum absolute atomic E-state index is 10.5. The quantitative estimate of drug-likeness (QED) is 0.393. The second-order valence-corrected chi connectivity index (χ2v) is 2.64. The molecule has 4 heteroatoms. The van der Waals surface area contributed by atoms with E-state index in [4.69, 9.17) is 0 Å². The molecule has 0 N–H and O–H groups in total. The van der Waals surface area contributed by atoms with Crippen LogP contribution in [0.2, 0.25) is 0 Å². The number of carbonyl (C=O) groups excluding carboxylic acids is 1. The Morgan fingerprint density at radius 1 is 1.55 bits per heavy atom. The highest BCUT2D eigenvalue weighted by atomic mass is 32.1. The number of nitrogens with zero attached hydrogens (tertiary/aromatic N) is 1. The molecule has 1 aromatic heterocycles. The van der Waals surface area contributed by atoms with Crippen LogP contribution in [0.3, 0.4) is 0 Å². The molecule has 0 spiro atoms. The molecule has 0 fully saturated rings. The van der Waals surface area contributed by atoms with Crippen molar-refractivity contribution in [3.05, 3.63) is 35.3 Å². The minimum Gasteiger partial charge on any atom is -0.619 e. The Balaban J connectivity index is 2.74. The van der Waals surface area contributed by atoms with Crippen molar-refractivity contribution in [2.24, 2.45) is 0 Å². The summed E-state index contributed by atoms with van der Waals surface area (Å²) in [6.07, 6.45) is 2.97. The molecule has 11 heavy (non-hydrogen) atoms. The molecule has 0 aromatic carbocycles. The monoisotopic (exact) mass is 169 g/mol. The predicted molar refractivity (Wildman–Crippen MR) is 43.1 cm³/mol. The van der Waals surface area contributed by atoms with Gasteiger partial charge < -0.3 is 5.21 Å². The largest absolute Gasteiger partial charge is 0.619 e. The zero-order valence-corrected chi connectivity index (χ0v) is 6.62. The summed E-state index contributed by atoms with van der Waals surface area (Å²) < 4.78 is 0.673. The molecule has 0 atom stereocenters. The maximum atomic E-state index is 10.5. The molecular formula is C7H7NO2S. The van der Waals surface area contributed by atoms with Crippen LogP contribution in [-0.2, 0) is 11.2 Å². The summed E-state index contributed by atoms with van der Waals surface area (Å²) >= 11 is 3.61. The number of carbonyl (C=O) groups is 1. The summed E-state index contributed by atoms with van der Waals surface area (Å²) in [5.74, 6) is 0. The van der Waals surface area contributed by atoms with E-state index in [9.17, 15) is 10.0 Å². The first kappa shape index (κ1) is 8.07. The molecule has 0 bridgehead atoms. The van der Waals surface area contributed by atoms with Gasteiger partial charge >= 0.3 is 0 Å². The molecule has 1 heterocycles. The molecule has 0 aliphatic heterocycles. The van der Waals surface area contributed by atoms with Crippen molar-refractivity contribution in [2.45, 2.75) is 6.42 Å². The lowest BCUT2D eigenvalue weighted by Gasteiger charge is -1.96. The minimum atomic E-state index is -0.200. The van der Waals surface area contributed by atoms with Crippen LogP contribution in [0, 0.1) is 5.21 Å².